The van der Waals surface area contributed by atoms with Crippen molar-refractivity contribution in [2.75, 3.05) is 46.3 Å². The predicted molar refractivity (Wildman–Crippen MR) is 80.5 cm³/mol. The molecular weight excluding hydrogens is 270 g/mol. The fourth-order valence-corrected chi connectivity index (χ4v) is 3.21. The summed E-state index contributed by atoms with van der Waals surface area (Å²) in [6.07, 6.45) is 2.32. The lowest BCUT2D eigenvalue weighted by molar-refractivity contribution is -0.136. The highest BCUT2D eigenvalue weighted by atomic mass is 16.2. The molecule has 0 bridgehead atoms. The van der Waals surface area contributed by atoms with Gasteiger partial charge in [0.2, 0.25) is 11.8 Å². The molecule has 0 aliphatic carbocycles. The third kappa shape index (κ3) is 4.39. The van der Waals surface area contributed by atoms with Gasteiger partial charge in [-0.2, -0.15) is 0 Å². The highest BCUT2D eigenvalue weighted by molar-refractivity contribution is 5.87. The molecule has 2 heterocycles. The van der Waals surface area contributed by atoms with Gasteiger partial charge in [0.15, 0.2) is 0 Å². The van der Waals surface area contributed by atoms with Gasteiger partial charge in [-0.05, 0) is 33.0 Å². The van der Waals surface area contributed by atoms with Gasteiger partial charge in [-0.15, -0.1) is 0 Å². The Morgan fingerprint density at radius 3 is 2.19 bits per heavy atom. The summed E-state index contributed by atoms with van der Waals surface area (Å²) in [5.74, 6) is -0.683. The molecule has 4 N–H and O–H groups in total. The topological polar surface area (TPSA) is 95.9 Å². The number of piperidine rings is 1. The summed E-state index contributed by atoms with van der Waals surface area (Å²) in [5.41, 5.74) is 10.8. The second-order valence-corrected chi connectivity index (χ2v) is 6.17. The number of likely N-dealkylation sites (tertiary alicyclic amines) is 1. The molecule has 0 saturated carbocycles. The molecule has 2 fully saturated rings. The van der Waals surface area contributed by atoms with E-state index in [0.29, 0.717) is 19.1 Å². The number of nitrogens with zero attached hydrogens (tertiary/aromatic N) is 3. The van der Waals surface area contributed by atoms with E-state index in [1.54, 1.807) is 4.90 Å². The first-order valence-corrected chi connectivity index (χ1v) is 7.72. The maximum Gasteiger partial charge on any atom is 0.240 e. The molecule has 0 spiro atoms. The lowest BCUT2D eigenvalue weighted by Gasteiger charge is -2.42. The van der Waals surface area contributed by atoms with E-state index in [2.05, 4.69) is 16.8 Å². The lowest BCUT2D eigenvalue weighted by Crippen LogP contribution is -2.56. The summed E-state index contributed by atoms with van der Waals surface area (Å²) in [6, 6.07) is -0.157. The zero-order valence-corrected chi connectivity index (χ0v) is 12.8. The van der Waals surface area contributed by atoms with E-state index in [0.717, 1.165) is 26.2 Å². The minimum absolute atomic E-state index is 0.0754. The Morgan fingerprint density at radius 2 is 1.67 bits per heavy atom. The number of hydrogen-bond acceptors (Lipinski definition) is 5. The first-order chi connectivity index (χ1) is 9.97. The molecule has 0 aromatic rings. The van der Waals surface area contributed by atoms with E-state index < -0.39 is 11.9 Å². The van der Waals surface area contributed by atoms with E-state index >= 15 is 0 Å². The summed E-state index contributed by atoms with van der Waals surface area (Å²) in [6.45, 7) is 5.46. The zero-order chi connectivity index (χ0) is 15.4. The summed E-state index contributed by atoms with van der Waals surface area (Å²) < 4.78 is 0. The average Bonchev–Trinajstić information content (AvgIpc) is 2.47. The molecule has 2 aliphatic rings. The number of carbonyl (C=O) groups excluding carboxylic acids is 2. The second kappa shape index (κ2) is 7.20. The van der Waals surface area contributed by atoms with Crippen LogP contribution < -0.4 is 11.5 Å². The minimum Gasteiger partial charge on any atom is -0.370 e. The van der Waals surface area contributed by atoms with Crippen LogP contribution in [0.5, 0.6) is 0 Å². The van der Waals surface area contributed by atoms with Crippen molar-refractivity contribution in [3.8, 4) is 0 Å². The van der Waals surface area contributed by atoms with Crippen molar-refractivity contribution in [2.45, 2.75) is 31.3 Å². The van der Waals surface area contributed by atoms with Gasteiger partial charge in [0.1, 0.15) is 0 Å². The Bertz CT molecular complexity index is 374. The van der Waals surface area contributed by atoms with Gasteiger partial charge in [-0.25, -0.2) is 0 Å². The number of primary amides is 1. The molecule has 0 unspecified atom stereocenters. The lowest BCUT2D eigenvalue weighted by atomic mass is 10.0. The number of nitrogens with two attached hydrogens (primary N) is 2. The number of amides is 2. The molecule has 0 aromatic carbocycles. The van der Waals surface area contributed by atoms with Crippen molar-refractivity contribution in [3.05, 3.63) is 0 Å². The molecule has 0 aromatic heterocycles. The maximum absolute atomic E-state index is 12.1. The van der Waals surface area contributed by atoms with Crippen molar-refractivity contribution >= 4 is 11.8 Å². The minimum atomic E-state index is -0.794. The van der Waals surface area contributed by atoms with Crippen LogP contribution in [0.4, 0.5) is 0 Å². The van der Waals surface area contributed by atoms with Crippen LogP contribution in [0.15, 0.2) is 0 Å². The van der Waals surface area contributed by atoms with Gasteiger partial charge in [0.05, 0.1) is 12.5 Å². The van der Waals surface area contributed by atoms with Crippen LogP contribution in [-0.4, -0.2) is 84.9 Å². The second-order valence-electron chi connectivity index (χ2n) is 6.17. The van der Waals surface area contributed by atoms with Crippen LogP contribution in [0.1, 0.15) is 19.3 Å². The van der Waals surface area contributed by atoms with Gasteiger partial charge in [0.25, 0.3) is 0 Å². The van der Waals surface area contributed by atoms with E-state index in [-0.39, 0.29) is 12.3 Å². The third-order valence-corrected chi connectivity index (χ3v) is 4.57. The Hall–Kier alpha value is -1.18. The van der Waals surface area contributed by atoms with Crippen LogP contribution in [0.3, 0.4) is 0 Å². The van der Waals surface area contributed by atoms with E-state index in [1.807, 2.05) is 0 Å². The Morgan fingerprint density at radius 1 is 1.10 bits per heavy atom. The van der Waals surface area contributed by atoms with Crippen LogP contribution in [0, 0.1) is 0 Å². The van der Waals surface area contributed by atoms with Gasteiger partial charge in [0, 0.05) is 32.2 Å². The molecule has 2 rings (SSSR count). The highest BCUT2D eigenvalue weighted by Gasteiger charge is 2.30. The van der Waals surface area contributed by atoms with Gasteiger partial charge >= 0.3 is 0 Å². The summed E-state index contributed by atoms with van der Waals surface area (Å²) in [7, 11) is 2.16. The van der Waals surface area contributed by atoms with Crippen LogP contribution >= 0.6 is 0 Å². The molecule has 0 radical (unpaired) electrons. The van der Waals surface area contributed by atoms with E-state index in [4.69, 9.17) is 11.5 Å². The summed E-state index contributed by atoms with van der Waals surface area (Å²) in [5, 5.41) is 0. The van der Waals surface area contributed by atoms with Crippen molar-refractivity contribution in [1.29, 1.82) is 0 Å². The Labute approximate surface area is 126 Å². The van der Waals surface area contributed by atoms with Crippen LogP contribution in [0.25, 0.3) is 0 Å². The van der Waals surface area contributed by atoms with Crippen molar-refractivity contribution < 1.29 is 9.59 Å². The molecular formula is C14H27N5O2. The van der Waals surface area contributed by atoms with E-state index in [1.165, 1.54) is 12.8 Å². The van der Waals surface area contributed by atoms with Gasteiger partial charge in [-0.1, -0.05) is 0 Å². The molecule has 2 amide bonds. The maximum atomic E-state index is 12.1. The summed E-state index contributed by atoms with van der Waals surface area (Å²) in [4.78, 5) is 29.6. The first kappa shape index (κ1) is 16.2. The fourth-order valence-electron chi connectivity index (χ4n) is 3.21. The monoisotopic (exact) mass is 297 g/mol. The Kier molecular flexibility index (Phi) is 5.55. The normalized spacial score (nSPS) is 24.0. The van der Waals surface area contributed by atoms with Crippen LogP contribution in [-0.2, 0) is 9.59 Å². The molecule has 2 aliphatic heterocycles. The van der Waals surface area contributed by atoms with Crippen molar-refractivity contribution in [2.24, 2.45) is 11.5 Å². The van der Waals surface area contributed by atoms with Gasteiger partial charge in [-0.3, -0.25) is 14.5 Å². The number of hydrogen-bond donors (Lipinski definition) is 2. The molecule has 7 heteroatoms. The fraction of sp³-hybridized carbons (Fsp3) is 0.857. The molecule has 120 valence electrons. The highest BCUT2D eigenvalue weighted by Crippen LogP contribution is 2.17. The smallest absolute Gasteiger partial charge is 0.240 e. The molecule has 7 nitrogen and oxygen atoms in total. The Balaban J connectivity index is 1.77. The van der Waals surface area contributed by atoms with Crippen molar-refractivity contribution in [1.82, 2.24) is 14.7 Å². The largest absolute Gasteiger partial charge is 0.370 e. The molecule has 1 atom stereocenters. The SMILES string of the molecule is CN1CCC(N2CCN(C(=O)[C@H](N)CC(N)=O)CC2)CC1. The first-order valence-electron chi connectivity index (χ1n) is 7.72. The number of rotatable bonds is 4. The standard InChI is InChI=1S/C14H27N5O2/c1-17-4-2-11(3-5-17)18-6-8-19(9-7-18)14(21)12(15)10-13(16)20/h11-12H,2-10,15H2,1H3,(H2,16,20)/t12-/m1/s1. The van der Waals surface area contributed by atoms with E-state index in [9.17, 15) is 9.59 Å². The van der Waals surface area contributed by atoms with Gasteiger partial charge < -0.3 is 21.3 Å². The predicted octanol–water partition coefficient (Wildman–Crippen LogP) is -1.57. The zero-order valence-electron chi connectivity index (χ0n) is 12.8. The number of piperazine rings is 1. The average molecular weight is 297 g/mol. The van der Waals surface area contributed by atoms with Crippen molar-refractivity contribution in [3.63, 3.8) is 0 Å². The number of carbonyl (C=O) groups is 2. The quantitative estimate of drug-likeness (QED) is 0.653. The molecule has 2 saturated heterocycles. The molecule has 21 heavy (non-hydrogen) atoms. The third-order valence-electron chi connectivity index (χ3n) is 4.57. The van der Waals surface area contributed by atoms with Crippen LogP contribution in [0.2, 0.25) is 0 Å². The summed E-state index contributed by atoms with van der Waals surface area (Å²) >= 11 is 0.